The zero-order valence-electron chi connectivity index (χ0n) is 15.5. The van der Waals surface area contributed by atoms with Gasteiger partial charge >= 0.3 is 0 Å². The van der Waals surface area contributed by atoms with Gasteiger partial charge in [-0.1, -0.05) is 11.6 Å². The van der Waals surface area contributed by atoms with Crippen LogP contribution in [0.5, 0.6) is 0 Å². The molecule has 2 saturated heterocycles. The fraction of sp³-hybridized carbons (Fsp3) is 0.600. The Kier molecular flexibility index (Phi) is 6.54. The summed E-state index contributed by atoms with van der Waals surface area (Å²) in [4.78, 5) is 28.1. The Bertz CT molecular complexity index is 664. The average molecular weight is 379 g/mol. The lowest BCUT2D eigenvalue weighted by molar-refractivity contribution is -0.928. The molecule has 2 aliphatic rings. The molecule has 0 bridgehead atoms. The van der Waals surface area contributed by atoms with E-state index < -0.39 is 0 Å². The van der Waals surface area contributed by atoms with Crippen molar-refractivity contribution in [2.75, 3.05) is 31.1 Å². The Morgan fingerprint density at radius 2 is 2.19 bits per heavy atom. The van der Waals surface area contributed by atoms with Crippen LogP contribution in [0.15, 0.2) is 18.2 Å². The highest BCUT2D eigenvalue weighted by Crippen LogP contribution is 2.28. The van der Waals surface area contributed by atoms with Crippen LogP contribution in [0.25, 0.3) is 0 Å². The van der Waals surface area contributed by atoms with Crippen molar-refractivity contribution in [2.24, 2.45) is 0 Å². The van der Waals surface area contributed by atoms with E-state index in [1.54, 1.807) is 28.0 Å². The summed E-state index contributed by atoms with van der Waals surface area (Å²) in [5, 5.41) is 3.56. The van der Waals surface area contributed by atoms with Crippen molar-refractivity contribution in [2.45, 2.75) is 51.5 Å². The minimum absolute atomic E-state index is 0.0593. The average Bonchev–Trinajstić information content (AvgIpc) is 3.05. The Morgan fingerprint density at radius 3 is 2.92 bits per heavy atom. The molecule has 0 radical (unpaired) electrons. The van der Waals surface area contributed by atoms with Crippen LogP contribution in [0.4, 0.5) is 5.69 Å². The zero-order valence-corrected chi connectivity index (χ0v) is 16.3. The van der Waals surface area contributed by atoms with E-state index >= 15 is 0 Å². The van der Waals surface area contributed by atoms with Gasteiger partial charge in [-0.3, -0.25) is 9.59 Å². The fourth-order valence-corrected chi connectivity index (χ4v) is 4.23. The molecule has 2 fully saturated rings. The first-order valence-electron chi connectivity index (χ1n) is 9.79. The monoisotopic (exact) mass is 378 g/mol. The molecule has 142 valence electrons. The predicted molar refractivity (Wildman–Crippen MR) is 104 cm³/mol. The van der Waals surface area contributed by atoms with E-state index in [-0.39, 0.29) is 11.8 Å². The molecule has 0 aromatic heterocycles. The summed E-state index contributed by atoms with van der Waals surface area (Å²) in [6.07, 6.45) is 6.28. The van der Waals surface area contributed by atoms with E-state index in [1.165, 1.54) is 25.8 Å². The van der Waals surface area contributed by atoms with Crippen molar-refractivity contribution in [3.05, 3.63) is 28.8 Å². The normalized spacial score (nSPS) is 23.3. The van der Waals surface area contributed by atoms with Gasteiger partial charge in [-0.25, -0.2) is 0 Å². The molecular formula is C20H29ClN3O2+. The van der Waals surface area contributed by atoms with Crippen molar-refractivity contribution >= 4 is 29.1 Å². The maximum absolute atomic E-state index is 12.7. The van der Waals surface area contributed by atoms with Crippen molar-refractivity contribution in [3.63, 3.8) is 0 Å². The number of carbonyl (C=O) groups is 2. The Balaban J connectivity index is 1.57. The summed E-state index contributed by atoms with van der Waals surface area (Å²) in [6.45, 7) is 5.97. The van der Waals surface area contributed by atoms with Crippen LogP contribution in [0.1, 0.15) is 55.8 Å². The predicted octanol–water partition coefficient (Wildman–Crippen LogP) is 2.04. The molecule has 1 unspecified atom stereocenters. The number of rotatable bonds is 6. The van der Waals surface area contributed by atoms with Gasteiger partial charge in [-0.2, -0.15) is 0 Å². The largest absolute Gasteiger partial charge is 0.352 e. The van der Waals surface area contributed by atoms with Gasteiger partial charge in [-0.15, -0.1) is 0 Å². The topological polar surface area (TPSA) is 53.9 Å². The number of nitrogens with one attached hydrogen (secondary N) is 2. The van der Waals surface area contributed by atoms with Crippen LogP contribution >= 0.6 is 11.6 Å². The minimum Gasteiger partial charge on any atom is -0.352 e. The second-order valence-corrected chi connectivity index (χ2v) is 7.91. The second-order valence-electron chi connectivity index (χ2n) is 7.47. The number of halogens is 1. The molecule has 2 aliphatic heterocycles. The van der Waals surface area contributed by atoms with Crippen LogP contribution in [0.2, 0.25) is 5.02 Å². The number of anilines is 1. The van der Waals surface area contributed by atoms with Gasteiger partial charge in [0.05, 0.1) is 30.4 Å². The third-order valence-electron chi connectivity index (χ3n) is 5.61. The van der Waals surface area contributed by atoms with E-state index in [2.05, 4.69) is 12.2 Å². The Labute approximate surface area is 160 Å². The lowest BCUT2D eigenvalue weighted by Crippen LogP contribution is -3.16. The van der Waals surface area contributed by atoms with E-state index in [4.69, 9.17) is 11.6 Å². The molecule has 1 aromatic carbocycles. The number of likely N-dealkylation sites (tertiary alicyclic amines) is 1. The molecule has 2 N–H and O–H groups in total. The highest BCUT2D eigenvalue weighted by atomic mass is 35.5. The molecule has 26 heavy (non-hydrogen) atoms. The van der Waals surface area contributed by atoms with Crippen molar-refractivity contribution in [3.8, 4) is 0 Å². The van der Waals surface area contributed by atoms with Crippen LogP contribution in [0, 0.1) is 0 Å². The first-order chi connectivity index (χ1) is 12.6. The molecule has 6 heteroatoms. The van der Waals surface area contributed by atoms with E-state index in [0.29, 0.717) is 35.8 Å². The van der Waals surface area contributed by atoms with E-state index in [9.17, 15) is 9.59 Å². The SMILES string of the molecule is C[C@H]1CCCC[NH+]1CCCNC(=O)c1ccc(Cl)cc1N1CCCC1=O. The lowest BCUT2D eigenvalue weighted by Gasteiger charge is -2.30. The maximum Gasteiger partial charge on any atom is 0.253 e. The quantitative estimate of drug-likeness (QED) is 0.744. The first kappa shape index (κ1) is 19.2. The van der Waals surface area contributed by atoms with Gasteiger partial charge in [0.25, 0.3) is 5.91 Å². The van der Waals surface area contributed by atoms with Gasteiger partial charge in [0.2, 0.25) is 5.91 Å². The molecular weight excluding hydrogens is 350 g/mol. The summed E-state index contributed by atoms with van der Waals surface area (Å²) in [5.74, 6) is -0.0675. The summed E-state index contributed by atoms with van der Waals surface area (Å²) in [7, 11) is 0. The standard InChI is InChI=1S/C20H28ClN3O2/c1-15-6-2-3-11-23(15)12-5-10-22-20(26)17-9-8-16(21)14-18(17)24-13-4-7-19(24)25/h8-9,14-15H,2-7,10-13H2,1H3,(H,22,26)/p+1/t15-/m0/s1. The molecule has 1 aromatic rings. The molecule has 5 nitrogen and oxygen atoms in total. The number of quaternary nitrogens is 1. The molecule has 2 atom stereocenters. The van der Waals surface area contributed by atoms with Gasteiger partial charge in [0, 0.05) is 31.0 Å². The molecule has 2 heterocycles. The second kappa shape index (κ2) is 8.87. The van der Waals surface area contributed by atoms with E-state index in [1.807, 2.05) is 0 Å². The third kappa shape index (κ3) is 4.57. The van der Waals surface area contributed by atoms with Gasteiger partial charge in [-0.05, 0) is 50.8 Å². The van der Waals surface area contributed by atoms with Gasteiger partial charge in [0.1, 0.15) is 0 Å². The summed E-state index contributed by atoms with van der Waals surface area (Å²) in [6, 6.07) is 5.87. The number of benzene rings is 1. The van der Waals surface area contributed by atoms with Crippen molar-refractivity contribution in [1.82, 2.24) is 5.32 Å². The van der Waals surface area contributed by atoms with Crippen molar-refractivity contribution in [1.29, 1.82) is 0 Å². The number of amides is 2. The highest BCUT2D eigenvalue weighted by Gasteiger charge is 2.26. The van der Waals surface area contributed by atoms with Crippen LogP contribution < -0.4 is 15.1 Å². The number of carbonyl (C=O) groups excluding carboxylic acids is 2. The summed E-state index contributed by atoms with van der Waals surface area (Å²) in [5.41, 5.74) is 1.16. The number of hydrogen-bond donors (Lipinski definition) is 2. The number of nitrogens with zero attached hydrogens (tertiary/aromatic N) is 1. The minimum atomic E-state index is -0.127. The highest BCUT2D eigenvalue weighted by molar-refractivity contribution is 6.31. The first-order valence-corrected chi connectivity index (χ1v) is 10.2. The summed E-state index contributed by atoms with van der Waals surface area (Å²) >= 11 is 6.10. The Morgan fingerprint density at radius 1 is 1.35 bits per heavy atom. The number of piperidine rings is 1. The zero-order chi connectivity index (χ0) is 18.5. The molecule has 0 saturated carbocycles. The third-order valence-corrected chi connectivity index (χ3v) is 5.85. The van der Waals surface area contributed by atoms with Gasteiger partial charge < -0.3 is 15.1 Å². The van der Waals surface area contributed by atoms with Crippen LogP contribution in [-0.4, -0.2) is 44.0 Å². The fourth-order valence-electron chi connectivity index (χ4n) is 4.06. The molecule has 0 aliphatic carbocycles. The molecule has 2 amide bonds. The van der Waals surface area contributed by atoms with Crippen LogP contribution in [-0.2, 0) is 4.79 Å². The molecule has 0 spiro atoms. The van der Waals surface area contributed by atoms with Crippen LogP contribution in [0.3, 0.4) is 0 Å². The molecule has 3 rings (SSSR count). The van der Waals surface area contributed by atoms with Gasteiger partial charge in [0.15, 0.2) is 0 Å². The smallest absolute Gasteiger partial charge is 0.253 e. The lowest BCUT2D eigenvalue weighted by atomic mass is 10.0. The summed E-state index contributed by atoms with van der Waals surface area (Å²) < 4.78 is 0. The Hall–Kier alpha value is -1.59. The van der Waals surface area contributed by atoms with Crippen molar-refractivity contribution < 1.29 is 14.5 Å². The van der Waals surface area contributed by atoms with E-state index in [0.717, 1.165) is 25.4 Å². The number of hydrogen-bond acceptors (Lipinski definition) is 2. The maximum atomic E-state index is 12.7.